The molecule has 3 fully saturated rings. The van der Waals surface area contributed by atoms with Gasteiger partial charge in [0.05, 0.1) is 35.6 Å². The van der Waals surface area contributed by atoms with E-state index in [1.165, 1.54) is 32.9 Å². The van der Waals surface area contributed by atoms with Gasteiger partial charge in [-0.15, -0.1) is 0 Å². The number of Topliss-reactive ketones (excluding diaryl/α,β-unsaturated/α-hetero) is 1. The maximum atomic E-state index is 15.4. The second-order valence-corrected chi connectivity index (χ2v) is 16.2. The van der Waals surface area contributed by atoms with Gasteiger partial charge in [-0.2, -0.15) is 0 Å². The molecule has 0 radical (unpaired) electrons. The van der Waals surface area contributed by atoms with E-state index in [-0.39, 0.29) is 29.7 Å². The molecule has 306 valence electrons. The Bertz CT molecular complexity index is 1980. The first-order chi connectivity index (χ1) is 26.7. The van der Waals surface area contributed by atoms with Crippen molar-refractivity contribution >= 4 is 35.6 Å². The van der Waals surface area contributed by atoms with E-state index in [9.17, 15) is 39.3 Å². The van der Waals surface area contributed by atoms with Gasteiger partial charge in [-0.25, -0.2) is 9.59 Å². The maximum absolute atomic E-state index is 15.4. The number of nitrogens with one attached hydrogen (secondary N) is 1. The van der Waals surface area contributed by atoms with Gasteiger partial charge in [0.2, 0.25) is 5.91 Å². The molecule has 1 amide bonds. The monoisotopic (exact) mass is 791 g/mol. The largest absolute Gasteiger partial charge is 0.456 e. The van der Waals surface area contributed by atoms with Crippen LogP contribution in [-0.2, 0) is 47.7 Å². The molecule has 4 N–H and O–H groups in total. The number of ketones is 1. The topological polar surface area (TPSA) is 221 Å². The summed E-state index contributed by atoms with van der Waals surface area (Å²) in [6.07, 6.45) is -10.3. The van der Waals surface area contributed by atoms with E-state index in [2.05, 4.69) is 5.32 Å². The number of amides is 1. The second-order valence-electron chi connectivity index (χ2n) is 16.2. The van der Waals surface area contributed by atoms with Crippen LogP contribution in [0.2, 0.25) is 0 Å². The summed E-state index contributed by atoms with van der Waals surface area (Å²) in [5.41, 5.74) is -7.15. The zero-order valence-electron chi connectivity index (χ0n) is 32.8. The molecule has 1 aliphatic heterocycles. The Hall–Kier alpha value is -4.96. The molecule has 2 bridgehead atoms. The third-order valence-corrected chi connectivity index (χ3v) is 12.5. The number of esters is 4. The Labute approximate surface area is 329 Å². The Balaban J connectivity index is 1.57. The zero-order chi connectivity index (χ0) is 41.8. The highest BCUT2D eigenvalue weighted by Gasteiger charge is 2.78. The van der Waals surface area contributed by atoms with Crippen molar-refractivity contribution in [2.75, 3.05) is 6.61 Å². The molecular formula is C42H49NO14. The predicted octanol–water partition coefficient (Wildman–Crippen LogP) is 2.44. The first-order valence-electron chi connectivity index (χ1n) is 18.8. The van der Waals surface area contributed by atoms with Crippen LogP contribution >= 0.6 is 0 Å². The number of hydrogen-bond donors (Lipinski definition) is 4. The van der Waals surface area contributed by atoms with Gasteiger partial charge in [0.25, 0.3) is 0 Å². The Morgan fingerprint density at radius 3 is 2.05 bits per heavy atom. The van der Waals surface area contributed by atoms with Gasteiger partial charge in [0.15, 0.2) is 23.6 Å². The number of rotatable bonds is 9. The predicted molar refractivity (Wildman–Crippen MR) is 198 cm³/mol. The van der Waals surface area contributed by atoms with Crippen LogP contribution in [0.5, 0.6) is 0 Å². The van der Waals surface area contributed by atoms with Crippen molar-refractivity contribution in [1.29, 1.82) is 0 Å². The molecule has 0 aromatic heterocycles. The molecule has 15 nitrogen and oxygen atoms in total. The quantitative estimate of drug-likeness (QED) is 0.163. The molecule has 2 aromatic rings. The van der Waals surface area contributed by atoms with E-state index in [1.54, 1.807) is 62.4 Å². The van der Waals surface area contributed by atoms with Crippen LogP contribution < -0.4 is 5.32 Å². The summed E-state index contributed by atoms with van der Waals surface area (Å²) < 4.78 is 30.0. The minimum absolute atomic E-state index is 0.00589. The minimum atomic E-state index is -2.37. The van der Waals surface area contributed by atoms with Gasteiger partial charge in [0.1, 0.15) is 23.9 Å². The lowest BCUT2D eigenvalue weighted by atomic mass is 9.44. The summed E-state index contributed by atoms with van der Waals surface area (Å²) in [5, 5.41) is 39.5. The number of fused-ring (bicyclic) bond motifs is 5. The van der Waals surface area contributed by atoms with Crippen LogP contribution in [0.3, 0.4) is 0 Å². The number of carbonyl (C=O) groups excluding carboxylic acids is 6. The lowest BCUT2D eigenvalue weighted by Crippen LogP contribution is -2.82. The number of ether oxygens (including phenoxy) is 5. The Morgan fingerprint density at radius 1 is 0.895 bits per heavy atom. The van der Waals surface area contributed by atoms with Gasteiger partial charge in [0, 0.05) is 39.0 Å². The van der Waals surface area contributed by atoms with Crippen LogP contribution in [0, 0.1) is 16.7 Å². The van der Waals surface area contributed by atoms with Gasteiger partial charge in [-0.05, 0) is 42.7 Å². The van der Waals surface area contributed by atoms with Crippen molar-refractivity contribution in [2.45, 2.75) is 115 Å². The van der Waals surface area contributed by atoms with Gasteiger partial charge < -0.3 is 44.3 Å². The fourth-order valence-corrected chi connectivity index (χ4v) is 9.59. The van der Waals surface area contributed by atoms with Crippen molar-refractivity contribution in [3.05, 3.63) is 82.9 Å². The number of benzene rings is 2. The van der Waals surface area contributed by atoms with Crippen LogP contribution in [0.1, 0.15) is 83.3 Å². The first kappa shape index (κ1) is 41.7. The highest BCUT2D eigenvalue weighted by molar-refractivity contribution is 5.95. The normalized spacial score (nSPS) is 33.7. The van der Waals surface area contributed by atoms with E-state index in [0.717, 1.165) is 13.8 Å². The average molecular weight is 792 g/mol. The van der Waals surface area contributed by atoms with E-state index >= 15 is 4.79 Å². The molecule has 4 aliphatic rings. The highest BCUT2D eigenvalue weighted by atomic mass is 16.6. The first-order valence-corrected chi connectivity index (χ1v) is 18.8. The number of aliphatic hydroxyl groups excluding tert-OH is 2. The fourth-order valence-electron chi connectivity index (χ4n) is 9.59. The molecule has 57 heavy (non-hydrogen) atoms. The Kier molecular flexibility index (Phi) is 11.0. The minimum Gasteiger partial charge on any atom is -0.456 e. The molecule has 0 spiro atoms. The maximum Gasteiger partial charge on any atom is 0.338 e. The van der Waals surface area contributed by atoms with E-state index < -0.39 is 113 Å². The van der Waals surface area contributed by atoms with Crippen molar-refractivity contribution < 1.29 is 67.8 Å². The van der Waals surface area contributed by atoms with Crippen molar-refractivity contribution in [2.24, 2.45) is 16.7 Å². The van der Waals surface area contributed by atoms with E-state index in [4.69, 9.17) is 23.7 Å². The van der Waals surface area contributed by atoms with Crippen molar-refractivity contribution in [3.8, 4) is 0 Å². The van der Waals surface area contributed by atoms with Crippen LogP contribution in [0.25, 0.3) is 0 Å². The summed E-state index contributed by atoms with van der Waals surface area (Å²) in [4.78, 5) is 81.5. The third kappa shape index (κ3) is 6.83. The molecule has 1 heterocycles. The zero-order valence-corrected chi connectivity index (χ0v) is 32.8. The van der Waals surface area contributed by atoms with Crippen molar-refractivity contribution in [3.63, 3.8) is 0 Å². The van der Waals surface area contributed by atoms with Crippen LogP contribution in [0.4, 0.5) is 0 Å². The molecule has 0 unspecified atom stereocenters. The van der Waals surface area contributed by atoms with E-state index in [0.29, 0.717) is 5.56 Å². The number of carbonyl (C=O) groups is 6. The standard InChI is InChI=1S/C42H49NO14/c1-21-27(55-38(51)32(48)31(43-22(2)44)25-14-10-8-11-15-25)19-42(52)36(56-37(50)26-16-12-9-13-17-26)34-40(7,28(47)18-29-41(34,20-53-29)57-24(4)46)35(49)33(54-23(3)45)30(21)39(42,5)6/h8-17,27-29,31-34,36,47-48,52H,18-20H2,1-7H3,(H,43,44)/t27-,28-,29+,31-,32+,33+,34-,36-,40+,41-,42+/m0/s1. The number of hydrogen-bond acceptors (Lipinski definition) is 14. The molecule has 1 saturated heterocycles. The highest BCUT2D eigenvalue weighted by Crippen LogP contribution is 2.64. The van der Waals surface area contributed by atoms with Crippen molar-refractivity contribution in [1.82, 2.24) is 5.32 Å². The van der Waals surface area contributed by atoms with Gasteiger partial charge in [-0.1, -0.05) is 62.4 Å². The van der Waals surface area contributed by atoms with Crippen LogP contribution in [0.15, 0.2) is 71.8 Å². The second kappa shape index (κ2) is 15.1. The summed E-state index contributed by atoms with van der Waals surface area (Å²) in [6, 6.07) is 14.8. The average Bonchev–Trinajstić information content (AvgIpc) is 3.15. The summed E-state index contributed by atoms with van der Waals surface area (Å²) in [7, 11) is 0. The molecule has 11 atom stereocenters. The van der Waals surface area contributed by atoms with Crippen LogP contribution in [-0.4, -0.2) is 105 Å². The summed E-state index contributed by atoms with van der Waals surface area (Å²) >= 11 is 0. The third-order valence-electron chi connectivity index (χ3n) is 12.5. The SMILES string of the molecule is CC(=O)N[C@@H](c1ccccc1)[C@@H](O)C(=O)O[C@H]1C[C@@]2(O)[C@@H](OC(=O)c3ccccc3)[C@@H]3[C@]4(OC(C)=O)CO[C@@H]4C[C@H](O)[C@@]3(C)C(=O)[C@H](OC(C)=O)C(=C1C)C2(C)C. The fraction of sp³-hybridized carbons (Fsp3) is 0.524. The summed E-state index contributed by atoms with van der Waals surface area (Å²) in [6.45, 7) is 9.19. The molecule has 2 saturated carbocycles. The van der Waals surface area contributed by atoms with Gasteiger partial charge in [-0.3, -0.25) is 19.2 Å². The lowest BCUT2D eigenvalue weighted by molar-refractivity contribution is -0.346. The lowest BCUT2D eigenvalue weighted by Gasteiger charge is -2.67. The Morgan fingerprint density at radius 2 is 1.51 bits per heavy atom. The molecule has 15 heteroatoms. The number of aliphatic hydroxyl groups is 3. The molecule has 2 aromatic carbocycles. The molecular weight excluding hydrogens is 742 g/mol. The molecule has 3 aliphatic carbocycles. The smallest absolute Gasteiger partial charge is 0.338 e. The molecule has 6 rings (SSSR count). The van der Waals surface area contributed by atoms with Gasteiger partial charge >= 0.3 is 23.9 Å². The summed E-state index contributed by atoms with van der Waals surface area (Å²) in [5.74, 6) is -6.74. The van der Waals surface area contributed by atoms with E-state index in [1.807, 2.05) is 0 Å².